The molecule has 0 aromatic heterocycles. The molecule has 0 atom stereocenters. The van der Waals surface area contributed by atoms with Gasteiger partial charge in [-0.3, -0.25) is 0 Å². The Hall–Kier alpha value is -0.803. The summed E-state index contributed by atoms with van der Waals surface area (Å²) in [5.74, 6) is 0. The highest BCUT2D eigenvalue weighted by Gasteiger charge is 2.23. The monoisotopic (exact) mass is 235 g/mol. The molecule has 0 unspecified atom stereocenters. The van der Waals surface area contributed by atoms with Crippen molar-refractivity contribution in [2.45, 2.75) is 19.6 Å². The summed E-state index contributed by atoms with van der Waals surface area (Å²) in [4.78, 5) is 2.47. The molecular formula is C13H21NOSi. The number of anilines is 1. The zero-order chi connectivity index (χ0) is 11.6. The van der Waals surface area contributed by atoms with E-state index >= 15 is 0 Å². The van der Waals surface area contributed by atoms with Gasteiger partial charge in [0.05, 0.1) is 21.3 Å². The van der Waals surface area contributed by atoms with E-state index in [4.69, 9.17) is 4.74 Å². The second kappa shape index (κ2) is 4.59. The number of hydrogen-bond donors (Lipinski definition) is 0. The largest absolute Gasteiger partial charge is 0.378 e. The highest BCUT2D eigenvalue weighted by molar-refractivity contribution is 6.89. The van der Waals surface area contributed by atoms with Crippen molar-refractivity contribution in [1.29, 1.82) is 0 Å². The second-order valence-corrected chi connectivity index (χ2v) is 10.4. The van der Waals surface area contributed by atoms with Crippen LogP contribution in [0.4, 0.5) is 5.69 Å². The first-order chi connectivity index (χ1) is 7.59. The maximum absolute atomic E-state index is 5.42. The van der Waals surface area contributed by atoms with Crippen LogP contribution in [0.3, 0.4) is 0 Å². The van der Waals surface area contributed by atoms with Crippen LogP contribution in [0.15, 0.2) is 24.3 Å². The van der Waals surface area contributed by atoms with E-state index in [1.54, 1.807) is 5.19 Å². The van der Waals surface area contributed by atoms with Gasteiger partial charge in [-0.1, -0.05) is 37.8 Å². The van der Waals surface area contributed by atoms with E-state index in [2.05, 4.69) is 48.8 Å². The molecule has 3 heteroatoms. The lowest BCUT2D eigenvalue weighted by atomic mass is 10.2. The first-order valence-electron chi connectivity index (χ1n) is 6.01. The maximum atomic E-state index is 5.42. The van der Waals surface area contributed by atoms with Gasteiger partial charge in [-0.2, -0.15) is 0 Å². The summed E-state index contributed by atoms with van der Waals surface area (Å²) in [6, 6.07) is 8.88. The van der Waals surface area contributed by atoms with Crippen LogP contribution in [0.2, 0.25) is 19.6 Å². The number of ether oxygens (including phenoxy) is 1. The zero-order valence-electron chi connectivity index (χ0n) is 10.5. The molecule has 1 heterocycles. The van der Waals surface area contributed by atoms with E-state index in [0.717, 1.165) is 26.3 Å². The van der Waals surface area contributed by atoms with Crippen LogP contribution in [-0.2, 0) is 4.74 Å². The van der Waals surface area contributed by atoms with Crippen molar-refractivity contribution >= 4 is 18.9 Å². The lowest BCUT2D eigenvalue weighted by molar-refractivity contribution is 0.123. The molecule has 1 aromatic carbocycles. The third-order valence-electron chi connectivity index (χ3n) is 3.06. The van der Waals surface area contributed by atoms with Crippen molar-refractivity contribution in [2.24, 2.45) is 0 Å². The van der Waals surface area contributed by atoms with Gasteiger partial charge >= 0.3 is 0 Å². The molecule has 0 bridgehead atoms. The fourth-order valence-corrected chi connectivity index (χ4v) is 3.79. The van der Waals surface area contributed by atoms with Crippen LogP contribution in [0.1, 0.15) is 0 Å². The summed E-state index contributed by atoms with van der Waals surface area (Å²) in [5, 5.41) is 1.57. The molecule has 0 N–H and O–H groups in total. The van der Waals surface area contributed by atoms with Crippen LogP contribution < -0.4 is 10.1 Å². The Labute approximate surface area is 99.2 Å². The number of rotatable bonds is 2. The SMILES string of the molecule is C[Si](C)(C)c1ccccc1N1CCOCC1. The Morgan fingerprint density at radius 3 is 2.31 bits per heavy atom. The smallest absolute Gasteiger partial charge is 0.0803 e. The molecule has 1 saturated heterocycles. The van der Waals surface area contributed by atoms with Crippen LogP contribution >= 0.6 is 0 Å². The molecule has 1 fully saturated rings. The number of nitrogens with zero attached hydrogens (tertiary/aromatic N) is 1. The van der Waals surface area contributed by atoms with Crippen molar-refractivity contribution in [3.8, 4) is 0 Å². The van der Waals surface area contributed by atoms with E-state index < -0.39 is 8.07 Å². The van der Waals surface area contributed by atoms with Gasteiger partial charge in [-0.15, -0.1) is 0 Å². The average molecular weight is 235 g/mol. The fraction of sp³-hybridized carbons (Fsp3) is 0.538. The molecule has 0 saturated carbocycles. The molecule has 2 nitrogen and oxygen atoms in total. The van der Waals surface area contributed by atoms with Crippen LogP contribution in [-0.4, -0.2) is 34.4 Å². The Bertz CT molecular complexity index is 353. The quantitative estimate of drug-likeness (QED) is 0.728. The topological polar surface area (TPSA) is 12.5 Å². The third kappa shape index (κ3) is 2.47. The van der Waals surface area contributed by atoms with Crippen molar-refractivity contribution in [3.63, 3.8) is 0 Å². The molecular weight excluding hydrogens is 214 g/mol. The molecule has 1 aliphatic heterocycles. The van der Waals surface area contributed by atoms with E-state index in [1.807, 2.05) is 0 Å². The first-order valence-corrected chi connectivity index (χ1v) is 9.51. The van der Waals surface area contributed by atoms with Gasteiger partial charge in [0.25, 0.3) is 0 Å². The average Bonchev–Trinajstić information content (AvgIpc) is 2.29. The molecule has 88 valence electrons. The third-order valence-corrected chi connectivity index (χ3v) is 5.10. The molecule has 0 aliphatic carbocycles. The summed E-state index contributed by atoms with van der Waals surface area (Å²) in [5.41, 5.74) is 1.44. The van der Waals surface area contributed by atoms with E-state index in [9.17, 15) is 0 Å². The molecule has 0 spiro atoms. The minimum absolute atomic E-state index is 0.861. The minimum Gasteiger partial charge on any atom is -0.378 e. The molecule has 1 aliphatic rings. The summed E-state index contributed by atoms with van der Waals surface area (Å²) in [6.07, 6.45) is 0. The number of morpholine rings is 1. The van der Waals surface area contributed by atoms with Crippen molar-refractivity contribution in [1.82, 2.24) is 0 Å². The van der Waals surface area contributed by atoms with Gasteiger partial charge in [0, 0.05) is 18.8 Å². The maximum Gasteiger partial charge on any atom is 0.0803 e. The van der Waals surface area contributed by atoms with Gasteiger partial charge in [0.1, 0.15) is 0 Å². The Morgan fingerprint density at radius 1 is 1.06 bits per heavy atom. The molecule has 0 amide bonds. The van der Waals surface area contributed by atoms with Crippen LogP contribution in [0.25, 0.3) is 0 Å². The summed E-state index contributed by atoms with van der Waals surface area (Å²) in [7, 11) is -1.24. The zero-order valence-corrected chi connectivity index (χ0v) is 11.5. The van der Waals surface area contributed by atoms with E-state index in [0.29, 0.717) is 0 Å². The Kier molecular flexibility index (Phi) is 3.35. The number of hydrogen-bond acceptors (Lipinski definition) is 2. The lowest BCUT2D eigenvalue weighted by Crippen LogP contribution is -2.45. The van der Waals surface area contributed by atoms with Crippen molar-refractivity contribution < 1.29 is 4.74 Å². The van der Waals surface area contributed by atoms with E-state index in [-0.39, 0.29) is 0 Å². The molecule has 1 aromatic rings. The second-order valence-electron chi connectivity index (χ2n) is 5.37. The summed E-state index contributed by atoms with van der Waals surface area (Å²) >= 11 is 0. The van der Waals surface area contributed by atoms with E-state index in [1.165, 1.54) is 5.69 Å². The van der Waals surface area contributed by atoms with Gasteiger partial charge in [0.2, 0.25) is 0 Å². The van der Waals surface area contributed by atoms with Gasteiger partial charge < -0.3 is 9.64 Å². The molecule has 0 radical (unpaired) electrons. The predicted octanol–water partition coefficient (Wildman–Crippen LogP) is 2.07. The number of benzene rings is 1. The first kappa shape index (κ1) is 11.7. The van der Waals surface area contributed by atoms with Gasteiger partial charge in [-0.25, -0.2) is 0 Å². The normalized spacial score (nSPS) is 17.6. The highest BCUT2D eigenvalue weighted by Crippen LogP contribution is 2.17. The van der Waals surface area contributed by atoms with Gasteiger partial charge in [0.15, 0.2) is 0 Å². The van der Waals surface area contributed by atoms with Crippen molar-refractivity contribution in [2.75, 3.05) is 31.2 Å². The lowest BCUT2D eigenvalue weighted by Gasteiger charge is -2.33. The number of para-hydroxylation sites is 1. The standard InChI is InChI=1S/C13H21NOSi/c1-16(2,3)13-7-5-4-6-12(13)14-8-10-15-11-9-14/h4-7H,8-11H2,1-3H3. The van der Waals surface area contributed by atoms with Crippen LogP contribution in [0, 0.1) is 0 Å². The molecule has 16 heavy (non-hydrogen) atoms. The Morgan fingerprint density at radius 2 is 1.69 bits per heavy atom. The summed E-state index contributed by atoms with van der Waals surface area (Å²) in [6.45, 7) is 11.0. The van der Waals surface area contributed by atoms with Crippen LogP contribution in [0.5, 0.6) is 0 Å². The highest BCUT2D eigenvalue weighted by atomic mass is 28.3. The van der Waals surface area contributed by atoms with Gasteiger partial charge in [-0.05, 0) is 11.3 Å². The fourth-order valence-electron chi connectivity index (χ4n) is 2.19. The van der Waals surface area contributed by atoms with Crippen molar-refractivity contribution in [3.05, 3.63) is 24.3 Å². The minimum atomic E-state index is -1.24. The molecule has 2 rings (SSSR count). The summed E-state index contributed by atoms with van der Waals surface area (Å²) < 4.78 is 5.42. The predicted molar refractivity (Wildman–Crippen MR) is 72.5 cm³/mol. The Balaban J connectivity index is 2.32.